The number of rotatable bonds is 3. The van der Waals surface area contributed by atoms with Crippen molar-refractivity contribution in [3.05, 3.63) is 0 Å². The lowest BCUT2D eigenvalue weighted by molar-refractivity contribution is -0.343. The molecule has 0 fully saturated rings. The number of aliphatic carboxylic acids is 1. The van der Waals surface area contributed by atoms with Gasteiger partial charge in [0.2, 0.25) is 0 Å². The highest BCUT2D eigenvalue weighted by atomic mass is 19.4. The summed E-state index contributed by atoms with van der Waals surface area (Å²) in [7, 11) is 0. The van der Waals surface area contributed by atoms with Crippen molar-refractivity contribution in [3.63, 3.8) is 0 Å². The molecule has 0 spiro atoms. The van der Waals surface area contributed by atoms with Crippen molar-refractivity contribution >= 4 is 5.97 Å². The van der Waals surface area contributed by atoms with Gasteiger partial charge in [-0.25, -0.2) is 4.39 Å². The van der Waals surface area contributed by atoms with Crippen LogP contribution >= 0.6 is 0 Å². The van der Waals surface area contributed by atoms with E-state index in [1.54, 1.807) is 0 Å². The first-order valence-corrected chi connectivity index (χ1v) is 3.63. The summed E-state index contributed by atoms with van der Waals surface area (Å²) in [5.74, 6) is -2.16. The van der Waals surface area contributed by atoms with Crippen LogP contribution in [0.4, 0.5) is 30.7 Å². The highest BCUT2D eigenvalue weighted by Crippen LogP contribution is 2.48. The monoisotopic (exact) mass is 257 g/mol. The van der Waals surface area contributed by atoms with Crippen LogP contribution < -0.4 is 5.73 Å². The largest absolute Gasteiger partial charge is 0.480 e. The van der Waals surface area contributed by atoms with E-state index in [-0.39, 0.29) is 0 Å². The fraction of sp³-hybridized carbons (Fsp3) is 0.833. The van der Waals surface area contributed by atoms with Crippen molar-refractivity contribution < 1.29 is 40.6 Å². The Labute approximate surface area is 84.0 Å². The van der Waals surface area contributed by atoms with Crippen molar-refractivity contribution in [2.45, 2.75) is 30.5 Å². The number of alkyl halides is 7. The molecule has 96 valence electrons. The summed E-state index contributed by atoms with van der Waals surface area (Å²) in [6, 6.07) is -2.60. The number of hydrogen-bond acceptors (Lipinski definition) is 2. The Morgan fingerprint density at radius 2 is 1.38 bits per heavy atom. The van der Waals surface area contributed by atoms with E-state index in [1.165, 1.54) is 0 Å². The molecule has 0 radical (unpaired) electrons. The molecule has 1 unspecified atom stereocenters. The van der Waals surface area contributed by atoms with E-state index in [4.69, 9.17) is 5.11 Å². The van der Waals surface area contributed by atoms with E-state index < -0.39 is 36.5 Å². The average molecular weight is 257 g/mol. The lowest BCUT2D eigenvalue weighted by Gasteiger charge is -2.30. The number of nitrogens with two attached hydrogens (primary N) is 1. The van der Waals surface area contributed by atoms with Crippen molar-refractivity contribution in [2.24, 2.45) is 5.73 Å². The summed E-state index contributed by atoms with van der Waals surface area (Å²) in [5.41, 5.74) is -1.17. The Kier molecular flexibility index (Phi) is 3.80. The van der Waals surface area contributed by atoms with Crippen LogP contribution in [0.25, 0.3) is 0 Å². The zero-order valence-corrected chi connectivity index (χ0v) is 7.36. The molecule has 0 saturated carbocycles. The number of carbonyl (C=O) groups is 1. The maximum Gasteiger partial charge on any atom is 0.431 e. The van der Waals surface area contributed by atoms with Gasteiger partial charge in [0, 0.05) is 6.42 Å². The first-order chi connectivity index (χ1) is 6.83. The maximum atomic E-state index is 12.8. The molecule has 0 amide bonds. The van der Waals surface area contributed by atoms with Gasteiger partial charge < -0.3 is 10.8 Å². The first-order valence-electron chi connectivity index (χ1n) is 3.63. The lowest BCUT2D eigenvalue weighted by atomic mass is 9.95. The second-order valence-electron chi connectivity index (χ2n) is 2.95. The Hall–Kier alpha value is -1.06. The van der Waals surface area contributed by atoms with E-state index in [0.717, 1.165) is 0 Å². The van der Waals surface area contributed by atoms with Crippen molar-refractivity contribution in [2.75, 3.05) is 0 Å². The topological polar surface area (TPSA) is 63.3 Å². The maximum absolute atomic E-state index is 12.8. The van der Waals surface area contributed by atoms with E-state index in [1.807, 2.05) is 0 Å². The van der Waals surface area contributed by atoms with Crippen LogP contribution in [0.1, 0.15) is 6.42 Å². The summed E-state index contributed by atoms with van der Waals surface area (Å²) in [5, 5.41) is 8.05. The zero-order valence-electron chi connectivity index (χ0n) is 7.36. The molecule has 0 rings (SSSR count). The lowest BCUT2D eigenvalue weighted by Crippen LogP contribution is -2.57. The quantitative estimate of drug-likeness (QED) is 0.755. The van der Waals surface area contributed by atoms with Crippen molar-refractivity contribution in [1.82, 2.24) is 0 Å². The summed E-state index contributed by atoms with van der Waals surface area (Å²) in [4.78, 5) is 10.0. The van der Waals surface area contributed by atoms with Crippen LogP contribution in [0.5, 0.6) is 0 Å². The van der Waals surface area contributed by atoms with Gasteiger partial charge in [-0.1, -0.05) is 0 Å². The molecular formula is C6H6F7NO2. The first kappa shape index (κ1) is 14.9. The third kappa shape index (κ3) is 2.74. The highest BCUT2D eigenvalue weighted by Gasteiger charge is 2.72. The van der Waals surface area contributed by atoms with Crippen LogP contribution in [-0.2, 0) is 4.79 Å². The van der Waals surface area contributed by atoms with Gasteiger partial charge in [0.1, 0.15) is 6.04 Å². The van der Waals surface area contributed by atoms with Crippen LogP contribution in [0.2, 0.25) is 0 Å². The molecule has 3 N–H and O–H groups in total. The van der Waals surface area contributed by atoms with Crippen LogP contribution in [0.3, 0.4) is 0 Å². The van der Waals surface area contributed by atoms with Crippen LogP contribution in [0.15, 0.2) is 0 Å². The molecule has 0 bridgehead atoms. The van der Waals surface area contributed by atoms with Gasteiger partial charge in [-0.05, 0) is 0 Å². The number of carboxylic acids is 1. The Morgan fingerprint density at radius 1 is 1.06 bits per heavy atom. The van der Waals surface area contributed by atoms with Crippen molar-refractivity contribution in [3.8, 4) is 0 Å². The predicted molar refractivity (Wildman–Crippen MR) is 36.2 cm³/mol. The van der Waals surface area contributed by atoms with Gasteiger partial charge in [-0.15, -0.1) is 0 Å². The smallest absolute Gasteiger partial charge is 0.431 e. The molecule has 0 saturated heterocycles. The molecule has 0 aromatic rings. The van der Waals surface area contributed by atoms with Crippen molar-refractivity contribution in [1.29, 1.82) is 0 Å². The molecule has 0 aromatic heterocycles. The molecule has 10 heteroatoms. The minimum atomic E-state index is -6.28. The highest BCUT2D eigenvalue weighted by molar-refractivity contribution is 5.73. The second kappa shape index (κ2) is 4.07. The van der Waals surface area contributed by atoms with E-state index in [0.29, 0.717) is 0 Å². The molecular weight excluding hydrogens is 251 g/mol. The second-order valence-corrected chi connectivity index (χ2v) is 2.95. The summed E-state index contributed by atoms with van der Waals surface area (Å²) >= 11 is 0. The van der Waals surface area contributed by atoms with Gasteiger partial charge in [-0.2, -0.15) is 26.3 Å². The molecule has 0 aliphatic rings. The average Bonchev–Trinajstić information content (AvgIpc) is 1.99. The summed E-state index contributed by atoms with van der Waals surface area (Å²) in [6.45, 7) is 0. The SMILES string of the molecule is NC(CC(F)(C(F)(F)F)C(F)(F)F)C(=O)O. The van der Waals surface area contributed by atoms with Gasteiger partial charge in [0.25, 0.3) is 0 Å². The molecule has 0 aromatic carbocycles. The summed E-state index contributed by atoms with van der Waals surface area (Å²) < 4.78 is 84.1. The summed E-state index contributed by atoms with van der Waals surface area (Å²) in [6.07, 6.45) is -15.0. The van der Waals surface area contributed by atoms with Gasteiger partial charge in [-0.3, -0.25) is 4.79 Å². The van der Waals surface area contributed by atoms with Crippen LogP contribution in [0, 0.1) is 0 Å². The standard InChI is InChI=1S/C6H6F7NO2/c7-4(5(8,9)10,6(11,12)13)1-2(14)3(15)16/h2H,1,14H2,(H,15,16). The minimum absolute atomic E-state index is 2.16. The fourth-order valence-corrected chi connectivity index (χ4v) is 0.783. The third-order valence-electron chi connectivity index (χ3n) is 1.72. The molecule has 0 aliphatic heterocycles. The molecule has 0 aliphatic carbocycles. The Bertz CT molecular complexity index is 257. The third-order valence-corrected chi connectivity index (χ3v) is 1.72. The van der Waals surface area contributed by atoms with Gasteiger partial charge >= 0.3 is 24.0 Å². The van der Waals surface area contributed by atoms with Gasteiger partial charge in [0.15, 0.2) is 0 Å². The van der Waals surface area contributed by atoms with E-state index >= 15 is 0 Å². The zero-order chi connectivity index (χ0) is 13.4. The molecule has 3 nitrogen and oxygen atoms in total. The van der Waals surface area contributed by atoms with Crippen LogP contribution in [-0.4, -0.2) is 35.1 Å². The van der Waals surface area contributed by atoms with E-state index in [2.05, 4.69) is 5.73 Å². The Balaban J connectivity index is 5.21. The number of carboxylic acid groups (broad SMARTS) is 1. The van der Waals surface area contributed by atoms with E-state index in [9.17, 15) is 35.5 Å². The Morgan fingerprint density at radius 3 is 1.56 bits per heavy atom. The minimum Gasteiger partial charge on any atom is -0.480 e. The van der Waals surface area contributed by atoms with Gasteiger partial charge in [0.05, 0.1) is 0 Å². The normalized spacial score (nSPS) is 16.0. The fourth-order valence-electron chi connectivity index (χ4n) is 0.783. The molecule has 16 heavy (non-hydrogen) atoms. The predicted octanol–water partition coefficient (Wildman–Crippen LogP) is 1.62. The number of halogens is 7. The number of hydrogen-bond donors (Lipinski definition) is 2. The molecule has 1 atom stereocenters. The molecule has 0 heterocycles.